The second kappa shape index (κ2) is 5.80. The largest absolute Gasteiger partial charge is 0.489 e. The van der Waals surface area contributed by atoms with Gasteiger partial charge < -0.3 is 9.47 Å². The third-order valence-corrected chi connectivity index (χ3v) is 4.68. The van der Waals surface area contributed by atoms with E-state index in [1.165, 1.54) is 32.1 Å². The molecule has 1 aliphatic heterocycles. The van der Waals surface area contributed by atoms with Gasteiger partial charge in [-0.25, -0.2) is 4.98 Å². The number of rotatable bonds is 2. The highest BCUT2D eigenvalue weighted by Crippen LogP contribution is 2.39. The first-order valence-corrected chi connectivity index (χ1v) is 7.97. The van der Waals surface area contributed by atoms with E-state index in [2.05, 4.69) is 20.9 Å². The quantitative estimate of drug-likeness (QED) is 0.767. The van der Waals surface area contributed by atoms with Gasteiger partial charge in [-0.15, -0.1) is 0 Å². The Kier molecular flexibility index (Phi) is 4.08. The summed E-state index contributed by atoms with van der Waals surface area (Å²) in [6.07, 6.45) is 10.4. The van der Waals surface area contributed by atoms with E-state index in [4.69, 9.17) is 9.47 Å². The molecule has 2 aliphatic rings. The molecule has 3 nitrogen and oxygen atoms in total. The second-order valence-electron chi connectivity index (χ2n) is 5.64. The molecule has 0 radical (unpaired) electrons. The Morgan fingerprint density at radius 2 is 2.11 bits per heavy atom. The van der Waals surface area contributed by atoms with E-state index in [0.717, 1.165) is 29.8 Å². The molecule has 1 aliphatic carbocycles. The molecule has 1 aromatic heterocycles. The van der Waals surface area contributed by atoms with Crippen molar-refractivity contribution >= 4 is 15.9 Å². The average Bonchev–Trinajstić information content (AvgIpc) is 2.42. The molecule has 0 bridgehead atoms. The normalized spacial score (nSPS) is 26.3. The van der Waals surface area contributed by atoms with Crippen LogP contribution in [0.15, 0.2) is 22.9 Å². The molecule has 4 heteroatoms. The van der Waals surface area contributed by atoms with E-state index in [1.807, 2.05) is 12.1 Å². The highest BCUT2D eigenvalue weighted by atomic mass is 79.9. The lowest BCUT2D eigenvalue weighted by Crippen LogP contribution is -2.45. The lowest BCUT2D eigenvalue weighted by atomic mass is 9.79. The fourth-order valence-electron chi connectivity index (χ4n) is 3.25. The van der Waals surface area contributed by atoms with Crippen molar-refractivity contribution in [3.8, 4) is 5.75 Å². The minimum absolute atomic E-state index is 0.101. The zero-order valence-corrected chi connectivity index (χ0v) is 12.7. The predicted molar refractivity (Wildman–Crippen MR) is 77.4 cm³/mol. The molecular weight excluding hydrogens is 306 g/mol. The van der Waals surface area contributed by atoms with Gasteiger partial charge in [0.05, 0.1) is 18.4 Å². The van der Waals surface area contributed by atoms with Gasteiger partial charge in [0.1, 0.15) is 16.5 Å². The lowest BCUT2D eigenvalue weighted by Gasteiger charge is -2.43. The fraction of sp³-hybridized carbons (Fsp3) is 0.667. The molecule has 0 N–H and O–H groups in total. The molecule has 19 heavy (non-hydrogen) atoms. The van der Waals surface area contributed by atoms with E-state index in [1.54, 1.807) is 6.20 Å². The fourth-order valence-corrected chi connectivity index (χ4v) is 3.49. The number of ether oxygens (including phenoxy) is 2. The summed E-state index contributed by atoms with van der Waals surface area (Å²) < 4.78 is 13.0. The lowest BCUT2D eigenvalue weighted by molar-refractivity contribution is -0.129. The summed E-state index contributed by atoms with van der Waals surface area (Å²) in [5.74, 6) is 0.862. The molecule has 1 spiro atoms. The van der Waals surface area contributed by atoms with Crippen molar-refractivity contribution in [3.05, 3.63) is 22.9 Å². The molecule has 1 saturated carbocycles. The van der Waals surface area contributed by atoms with Crippen molar-refractivity contribution in [2.75, 3.05) is 6.61 Å². The Hall–Kier alpha value is -0.610. The molecular formula is C15H20BrNO2. The number of halogens is 1. The van der Waals surface area contributed by atoms with Gasteiger partial charge in [-0.3, -0.25) is 0 Å². The van der Waals surface area contributed by atoms with Gasteiger partial charge >= 0.3 is 0 Å². The molecule has 0 aromatic carbocycles. The Balaban J connectivity index is 1.63. The third-order valence-electron chi connectivity index (χ3n) is 4.22. The van der Waals surface area contributed by atoms with E-state index in [-0.39, 0.29) is 11.7 Å². The van der Waals surface area contributed by atoms with Crippen LogP contribution in [0.2, 0.25) is 0 Å². The zero-order valence-electron chi connectivity index (χ0n) is 11.1. The van der Waals surface area contributed by atoms with Crippen molar-refractivity contribution < 1.29 is 9.47 Å². The third kappa shape index (κ3) is 3.29. The van der Waals surface area contributed by atoms with Crippen LogP contribution in [0.1, 0.15) is 44.9 Å². The SMILES string of the molecule is Brc1ccc(OC2CCOC3(CCCCC3)C2)cn1. The Bertz CT molecular complexity index is 409. The smallest absolute Gasteiger partial charge is 0.138 e. The summed E-state index contributed by atoms with van der Waals surface area (Å²) in [5, 5.41) is 0. The summed E-state index contributed by atoms with van der Waals surface area (Å²) >= 11 is 3.34. The van der Waals surface area contributed by atoms with Gasteiger partial charge in [-0.1, -0.05) is 19.3 Å². The molecule has 1 atom stereocenters. The van der Waals surface area contributed by atoms with Crippen molar-refractivity contribution in [1.29, 1.82) is 0 Å². The predicted octanol–water partition coefficient (Wildman–Crippen LogP) is 4.10. The van der Waals surface area contributed by atoms with Crippen LogP contribution in [-0.4, -0.2) is 23.3 Å². The average molecular weight is 326 g/mol. The summed E-state index contributed by atoms with van der Waals surface area (Å²) in [5.41, 5.74) is 0.101. The molecule has 104 valence electrons. The summed E-state index contributed by atoms with van der Waals surface area (Å²) in [6.45, 7) is 0.828. The van der Waals surface area contributed by atoms with Gasteiger partial charge in [0.2, 0.25) is 0 Å². The minimum atomic E-state index is 0.101. The number of nitrogens with zero attached hydrogens (tertiary/aromatic N) is 1. The van der Waals surface area contributed by atoms with E-state index >= 15 is 0 Å². The summed E-state index contributed by atoms with van der Waals surface area (Å²) in [4.78, 5) is 4.21. The van der Waals surface area contributed by atoms with Crippen LogP contribution in [0.25, 0.3) is 0 Å². The second-order valence-corrected chi connectivity index (χ2v) is 6.45. The Morgan fingerprint density at radius 1 is 1.26 bits per heavy atom. The van der Waals surface area contributed by atoms with E-state index in [0.29, 0.717) is 0 Å². The monoisotopic (exact) mass is 325 g/mol. The molecule has 1 aromatic rings. The number of hydrogen-bond donors (Lipinski definition) is 0. The van der Waals surface area contributed by atoms with Gasteiger partial charge in [0.25, 0.3) is 0 Å². The van der Waals surface area contributed by atoms with Gasteiger partial charge in [-0.2, -0.15) is 0 Å². The number of aromatic nitrogens is 1. The molecule has 1 unspecified atom stereocenters. The van der Waals surface area contributed by atoms with Crippen LogP contribution >= 0.6 is 15.9 Å². The first-order valence-electron chi connectivity index (χ1n) is 7.18. The minimum Gasteiger partial charge on any atom is -0.489 e. The van der Waals surface area contributed by atoms with Gasteiger partial charge in [-0.05, 0) is 40.9 Å². The van der Waals surface area contributed by atoms with Gasteiger partial charge in [0.15, 0.2) is 0 Å². The molecule has 0 amide bonds. The van der Waals surface area contributed by atoms with Crippen LogP contribution < -0.4 is 4.74 Å². The van der Waals surface area contributed by atoms with Crippen molar-refractivity contribution in [2.24, 2.45) is 0 Å². The Labute approximate surface area is 122 Å². The number of hydrogen-bond acceptors (Lipinski definition) is 3. The van der Waals surface area contributed by atoms with Crippen LogP contribution in [0.3, 0.4) is 0 Å². The first kappa shape index (κ1) is 13.4. The van der Waals surface area contributed by atoms with Crippen LogP contribution in [0.5, 0.6) is 5.75 Å². The van der Waals surface area contributed by atoms with E-state index in [9.17, 15) is 0 Å². The topological polar surface area (TPSA) is 31.4 Å². The standard InChI is InChI=1S/C15H20BrNO2/c16-14-5-4-13(11-17-14)19-12-6-9-18-15(10-12)7-2-1-3-8-15/h4-5,11-12H,1-3,6-10H2. The van der Waals surface area contributed by atoms with E-state index < -0.39 is 0 Å². The van der Waals surface area contributed by atoms with Crippen LogP contribution in [0.4, 0.5) is 0 Å². The molecule has 2 heterocycles. The Morgan fingerprint density at radius 3 is 2.84 bits per heavy atom. The van der Waals surface area contributed by atoms with Crippen LogP contribution in [-0.2, 0) is 4.74 Å². The van der Waals surface area contributed by atoms with Crippen molar-refractivity contribution in [2.45, 2.75) is 56.7 Å². The highest BCUT2D eigenvalue weighted by molar-refractivity contribution is 9.10. The molecule has 1 saturated heterocycles. The molecule has 3 rings (SSSR count). The summed E-state index contributed by atoms with van der Waals surface area (Å²) in [7, 11) is 0. The van der Waals surface area contributed by atoms with Crippen molar-refractivity contribution in [3.63, 3.8) is 0 Å². The number of pyridine rings is 1. The van der Waals surface area contributed by atoms with Crippen LogP contribution in [0, 0.1) is 0 Å². The first-order chi connectivity index (χ1) is 9.26. The summed E-state index contributed by atoms with van der Waals surface area (Å²) in [6, 6.07) is 3.89. The maximum Gasteiger partial charge on any atom is 0.138 e. The van der Waals surface area contributed by atoms with Crippen molar-refractivity contribution in [1.82, 2.24) is 4.98 Å². The highest BCUT2D eigenvalue weighted by Gasteiger charge is 2.39. The maximum absolute atomic E-state index is 6.09. The van der Waals surface area contributed by atoms with Gasteiger partial charge in [0, 0.05) is 12.8 Å². The maximum atomic E-state index is 6.09. The molecule has 2 fully saturated rings. The zero-order chi connectivity index (χ0) is 13.1.